The standard InChI is InChI=1S/C13H16FN3OS2/c1-3-6-15-12-16-17-13(20-12)19-8-9-4-5-11(18-2)10(14)7-9/h4-5,7H,3,6,8H2,1-2H3,(H,15,16). The molecule has 108 valence electrons. The van der Waals surface area contributed by atoms with E-state index < -0.39 is 0 Å². The Morgan fingerprint density at radius 2 is 2.25 bits per heavy atom. The Hall–Kier alpha value is -1.34. The molecular weight excluding hydrogens is 297 g/mol. The predicted octanol–water partition coefficient (Wildman–Crippen LogP) is 3.80. The molecule has 1 heterocycles. The zero-order valence-electron chi connectivity index (χ0n) is 11.4. The first-order chi connectivity index (χ1) is 9.72. The van der Waals surface area contributed by atoms with Crippen LogP contribution < -0.4 is 10.1 Å². The maximum absolute atomic E-state index is 13.6. The molecule has 0 spiro atoms. The van der Waals surface area contributed by atoms with E-state index in [1.807, 2.05) is 6.07 Å². The van der Waals surface area contributed by atoms with Crippen LogP contribution in [0.3, 0.4) is 0 Å². The molecule has 0 fully saturated rings. The molecule has 2 aromatic rings. The minimum absolute atomic E-state index is 0.265. The fourth-order valence-corrected chi connectivity index (χ4v) is 3.24. The molecule has 0 unspecified atom stereocenters. The monoisotopic (exact) mass is 313 g/mol. The van der Waals surface area contributed by atoms with Gasteiger partial charge >= 0.3 is 0 Å². The Balaban J connectivity index is 1.91. The highest BCUT2D eigenvalue weighted by molar-refractivity contribution is 8.00. The Bertz CT molecular complexity index is 562. The number of hydrogen-bond acceptors (Lipinski definition) is 6. The number of rotatable bonds is 7. The van der Waals surface area contributed by atoms with Gasteiger partial charge in [0.25, 0.3) is 0 Å². The van der Waals surface area contributed by atoms with Crippen molar-refractivity contribution in [2.75, 3.05) is 19.0 Å². The zero-order chi connectivity index (χ0) is 14.4. The maximum Gasteiger partial charge on any atom is 0.206 e. The van der Waals surface area contributed by atoms with Crippen LogP contribution in [0.25, 0.3) is 0 Å². The molecule has 0 atom stereocenters. The number of thioether (sulfide) groups is 1. The third-order valence-electron chi connectivity index (χ3n) is 2.51. The molecule has 0 saturated carbocycles. The lowest BCUT2D eigenvalue weighted by Gasteiger charge is -2.03. The summed E-state index contributed by atoms with van der Waals surface area (Å²) in [5, 5.41) is 12.2. The molecule has 0 aliphatic rings. The SMILES string of the molecule is CCCNc1nnc(SCc2ccc(OC)c(F)c2)s1. The molecular formula is C13H16FN3OS2. The Kier molecular flexibility index (Phi) is 5.60. The van der Waals surface area contributed by atoms with Crippen molar-refractivity contribution in [3.05, 3.63) is 29.6 Å². The van der Waals surface area contributed by atoms with E-state index in [-0.39, 0.29) is 11.6 Å². The van der Waals surface area contributed by atoms with Gasteiger partial charge in [-0.1, -0.05) is 36.1 Å². The normalized spacial score (nSPS) is 10.6. The number of halogens is 1. The number of benzene rings is 1. The smallest absolute Gasteiger partial charge is 0.206 e. The summed E-state index contributed by atoms with van der Waals surface area (Å²) >= 11 is 3.06. The van der Waals surface area contributed by atoms with Gasteiger partial charge in [-0.05, 0) is 24.1 Å². The lowest BCUT2D eigenvalue weighted by Crippen LogP contribution is -1.98. The summed E-state index contributed by atoms with van der Waals surface area (Å²) in [7, 11) is 1.46. The van der Waals surface area contributed by atoms with Crippen molar-refractivity contribution in [3.8, 4) is 5.75 Å². The van der Waals surface area contributed by atoms with Crippen molar-refractivity contribution in [1.29, 1.82) is 0 Å². The van der Waals surface area contributed by atoms with Crippen molar-refractivity contribution in [3.63, 3.8) is 0 Å². The average Bonchev–Trinajstić information content (AvgIpc) is 2.91. The average molecular weight is 313 g/mol. The van der Waals surface area contributed by atoms with Gasteiger partial charge in [-0.15, -0.1) is 10.2 Å². The van der Waals surface area contributed by atoms with Gasteiger partial charge in [0.1, 0.15) is 0 Å². The van der Waals surface area contributed by atoms with Crippen molar-refractivity contribution in [1.82, 2.24) is 10.2 Å². The van der Waals surface area contributed by atoms with Crippen LogP contribution in [0.1, 0.15) is 18.9 Å². The highest BCUT2D eigenvalue weighted by Crippen LogP contribution is 2.29. The molecule has 1 N–H and O–H groups in total. The minimum atomic E-state index is -0.340. The molecule has 0 aliphatic carbocycles. The number of nitrogens with zero attached hydrogens (tertiary/aromatic N) is 2. The van der Waals surface area contributed by atoms with E-state index in [1.165, 1.54) is 24.5 Å². The van der Waals surface area contributed by atoms with Gasteiger partial charge in [-0.25, -0.2) is 4.39 Å². The quantitative estimate of drug-likeness (QED) is 0.788. The lowest BCUT2D eigenvalue weighted by molar-refractivity contribution is 0.386. The molecule has 20 heavy (non-hydrogen) atoms. The molecule has 0 saturated heterocycles. The van der Waals surface area contributed by atoms with E-state index >= 15 is 0 Å². The molecule has 7 heteroatoms. The van der Waals surface area contributed by atoms with E-state index in [9.17, 15) is 4.39 Å². The topological polar surface area (TPSA) is 47.0 Å². The van der Waals surface area contributed by atoms with Gasteiger partial charge in [0.15, 0.2) is 15.9 Å². The van der Waals surface area contributed by atoms with Crippen molar-refractivity contribution >= 4 is 28.2 Å². The predicted molar refractivity (Wildman–Crippen MR) is 81.2 cm³/mol. The third-order valence-corrected chi connectivity index (χ3v) is 4.60. The van der Waals surface area contributed by atoms with E-state index in [4.69, 9.17) is 4.74 Å². The van der Waals surface area contributed by atoms with Crippen LogP contribution in [0.5, 0.6) is 5.75 Å². The Morgan fingerprint density at radius 1 is 1.40 bits per heavy atom. The maximum atomic E-state index is 13.6. The highest BCUT2D eigenvalue weighted by Gasteiger charge is 2.07. The first-order valence-electron chi connectivity index (χ1n) is 6.25. The van der Waals surface area contributed by atoms with E-state index in [2.05, 4.69) is 22.4 Å². The molecule has 2 rings (SSSR count). The summed E-state index contributed by atoms with van der Waals surface area (Å²) in [5.74, 6) is 0.581. The first kappa shape index (κ1) is 15.1. The molecule has 0 bridgehead atoms. The van der Waals surface area contributed by atoms with Crippen molar-refractivity contribution in [2.24, 2.45) is 0 Å². The second-order valence-electron chi connectivity index (χ2n) is 4.06. The second kappa shape index (κ2) is 7.44. The minimum Gasteiger partial charge on any atom is -0.494 e. The Labute approximate surface area is 125 Å². The van der Waals surface area contributed by atoms with E-state index in [1.54, 1.807) is 17.8 Å². The van der Waals surface area contributed by atoms with Gasteiger partial charge in [0.2, 0.25) is 5.13 Å². The summed E-state index contributed by atoms with van der Waals surface area (Å²) in [6.07, 6.45) is 1.05. The molecule has 0 amide bonds. The van der Waals surface area contributed by atoms with Crippen molar-refractivity contribution < 1.29 is 9.13 Å². The third kappa shape index (κ3) is 4.08. The number of methoxy groups -OCH3 is 1. The summed E-state index contributed by atoms with van der Waals surface area (Å²) in [4.78, 5) is 0. The van der Waals surface area contributed by atoms with Crippen LogP contribution in [-0.2, 0) is 5.75 Å². The largest absolute Gasteiger partial charge is 0.494 e. The summed E-state index contributed by atoms with van der Waals surface area (Å²) in [6.45, 7) is 2.99. The molecule has 1 aromatic heterocycles. The molecule has 0 aliphatic heterocycles. The van der Waals surface area contributed by atoms with Gasteiger partial charge in [0.05, 0.1) is 7.11 Å². The molecule has 4 nitrogen and oxygen atoms in total. The highest BCUT2D eigenvalue weighted by atomic mass is 32.2. The summed E-state index contributed by atoms with van der Waals surface area (Å²) in [5.41, 5.74) is 0.895. The van der Waals surface area contributed by atoms with Crippen molar-refractivity contribution in [2.45, 2.75) is 23.4 Å². The van der Waals surface area contributed by atoms with Gasteiger partial charge in [-0.2, -0.15) is 0 Å². The number of hydrogen-bond donors (Lipinski definition) is 1. The van der Waals surface area contributed by atoms with Crippen LogP contribution in [0.4, 0.5) is 9.52 Å². The molecule has 1 aromatic carbocycles. The number of aromatic nitrogens is 2. The van der Waals surface area contributed by atoms with Gasteiger partial charge < -0.3 is 10.1 Å². The number of anilines is 1. The van der Waals surface area contributed by atoms with Crippen LogP contribution in [0.2, 0.25) is 0 Å². The zero-order valence-corrected chi connectivity index (χ0v) is 13.0. The van der Waals surface area contributed by atoms with Crippen LogP contribution in [0.15, 0.2) is 22.5 Å². The van der Waals surface area contributed by atoms with Gasteiger partial charge in [-0.3, -0.25) is 0 Å². The Morgan fingerprint density at radius 3 is 2.95 bits per heavy atom. The van der Waals surface area contributed by atoms with E-state index in [0.717, 1.165) is 28.0 Å². The van der Waals surface area contributed by atoms with Crippen LogP contribution in [0, 0.1) is 5.82 Å². The number of ether oxygens (including phenoxy) is 1. The number of nitrogens with one attached hydrogen (secondary N) is 1. The lowest BCUT2D eigenvalue weighted by atomic mass is 10.2. The van der Waals surface area contributed by atoms with E-state index in [0.29, 0.717) is 5.75 Å². The summed E-state index contributed by atoms with van der Waals surface area (Å²) in [6, 6.07) is 4.98. The first-order valence-corrected chi connectivity index (χ1v) is 8.05. The van der Waals surface area contributed by atoms with Crippen LogP contribution >= 0.6 is 23.1 Å². The second-order valence-corrected chi connectivity index (χ2v) is 6.26. The fraction of sp³-hybridized carbons (Fsp3) is 0.385. The summed E-state index contributed by atoms with van der Waals surface area (Å²) < 4.78 is 19.3. The molecule has 0 radical (unpaired) electrons. The van der Waals surface area contributed by atoms with Gasteiger partial charge in [0, 0.05) is 12.3 Å². The fourth-order valence-electron chi connectivity index (χ4n) is 1.52. The van der Waals surface area contributed by atoms with Crippen LogP contribution in [-0.4, -0.2) is 23.9 Å².